The molecule has 0 radical (unpaired) electrons. The van der Waals surface area contributed by atoms with Gasteiger partial charge < -0.3 is 5.32 Å². The third-order valence-electron chi connectivity index (χ3n) is 3.65. The van der Waals surface area contributed by atoms with Crippen molar-refractivity contribution in [3.8, 4) is 0 Å². The van der Waals surface area contributed by atoms with Crippen LogP contribution in [-0.4, -0.2) is 31.1 Å². The average Bonchev–Trinajstić information content (AvgIpc) is 2.47. The Morgan fingerprint density at radius 3 is 2.70 bits per heavy atom. The quantitative estimate of drug-likeness (QED) is 0.648. The van der Waals surface area contributed by atoms with Crippen LogP contribution in [0.4, 0.5) is 8.78 Å². The summed E-state index contributed by atoms with van der Waals surface area (Å²) in [4.78, 5) is 2.15. The molecule has 1 heterocycles. The summed E-state index contributed by atoms with van der Waals surface area (Å²) in [6.07, 6.45) is 3.21. The van der Waals surface area contributed by atoms with Gasteiger partial charge in [-0.1, -0.05) is 6.08 Å². The van der Waals surface area contributed by atoms with Crippen molar-refractivity contribution in [3.05, 3.63) is 46.5 Å². The van der Waals surface area contributed by atoms with E-state index in [1.54, 1.807) is 6.08 Å². The van der Waals surface area contributed by atoms with Crippen LogP contribution in [-0.2, 0) is 0 Å². The molecule has 1 atom stereocenters. The smallest absolute Gasteiger partial charge is 0.145 e. The minimum Gasteiger partial charge on any atom is -0.314 e. The van der Waals surface area contributed by atoms with Crippen molar-refractivity contribution in [1.29, 1.82) is 0 Å². The van der Waals surface area contributed by atoms with Crippen LogP contribution in [0, 0.1) is 11.6 Å². The zero-order valence-electron chi connectivity index (χ0n) is 11.3. The maximum Gasteiger partial charge on any atom is 0.145 e. The van der Waals surface area contributed by atoms with Crippen LogP contribution < -0.4 is 5.32 Å². The molecule has 0 bridgehead atoms. The van der Waals surface area contributed by atoms with Crippen LogP contribution >= 0.6 is 15.9 Å². The highest BCUT2D eigenvalue weighted by atomic mass is 79.9. The Morgan fingerprint density at radius 2 is 2.05 bits per heavy atom. The van der Waals surface area contributed by atoms with Crippen molar-refractivity contribution < 1.29 is 8.78 Å². The molecule has 1 saturated heterocycles. The van der Waals surface area contributed by atoms with Crippen molar-refractivity contribution in [3.63, 3.8) is 0 Å². The summed E-state index contributed by atoms with van der Waals surface area (Å²) in [5, 5.41) is 3.26. The van der Waals surface area contributed by atoms with E-state index in [1.165, 1.54) is 12.1 Å². The van der Waals surface area contributed by atoms with Gasteiger partial charge in [0.15, 0.2) is 0 Å². The standard InChI is InChI=1S/C15H19BrF2N2/c1-2-3-4-13(20-9-7-19-8-10-20)14-12(17)6-5-11(16)15(14)18/h2,5-6,13,19H,1,3-4,7-10H2/t13-/m0/s1. The van der Waals surface area contributed by atoms with Gasteiger partial charge in [0.1, 0.15) is 11.6 Å². The first kappa shape index (κ1) is 15.6. The van der Waals surface area contributed by atoms with E-state index in [9.17, 15) is 8.78 Å². The van der Waals surface area contributed by atoms with Gasteiger partial charge in [-0.05, 0) is 40.9 Å². The maximum absolute atomic E-state index is 14.3. The minimum atomic E-state index is -0.488. The summed E-state index contributed by atoms with van der Waals surface area (Å²) in [5.74, 6) is -0.962. The van der Waals surface area contributed by atoms with Gasteiger partial charge in [-0.15, -0.1) is 6.58 Å². The number of allylic oxidation sites excluding steroid dienone is 1. The Kier molecular flexibility index (Phi) is 5.69. The highest BCUT2D eigenvalue weighted by Crippen LogP contribution is 2.33. The molecule has 0 saturated carbocycles. The Morgan fingerprint density at radius 1 is 1.35 bits per heavy atom. The van der Waals surface area contributed by atoms with Gasteiger partial charge in [-0.3, -0.25) is 4.90 Å². The predicted octanol–water partition coefficient (Wildman–Crippen LogP) is 3.64. The predicted molar refractivity (Wildman–Crippen MR) is 80.7 cm³/mol. The van der Waals surface area contributed by atoms with Crippen molar-refractivity contribution in [1.82, 2.24) is 10.2 Å². The fraction of sp³-hybridized carbons (Fsp3) is 0.467. The number of hydrogen-bond donors (Lipinski definition) is 1. The monoisotopic (exact) mass is 344 g/mol. The van der Waals surface area contributed by atoms with Gasteiger partial charge in [0.05, 0.1) is 4.47 Å². The molecule has 2 rings (SSSR count). The number of halogens is 3. The average molecular weight is 345 g/mol. The van der Waals surface area contributed by atoms with Gasteiger partial charge in [0.2, 0.25) is 0 Å². The Bertz CT molecular complexity index is 473. The second kappa shape index (κ2) is 7.29. The molecule has 0 amide bonds. The van der Waals surface area contributed by atoms with Gasteiger partial charge in [0.25, 0.3) is 0 Å². The van der Waals surface area contributed by atoms with Crippen LogP contribution in [0.2, 0.25) is 0 Å². The Labute approximate surface area is 127 Å². The van der Waals surface area contributed by atoms with E-state index in [1.807, 2.05) is 0 Å². The first-order chi connectivity index (χ1) is 9.65. The molecule has 20 heavy (non-hydrogen) atoms. The number of piperazine rings is 1. The summed E-state index contributed by atoms with van der Waals surface area (Å²) < 4.78 is 28.8. The number of nitrogens with one attached hydrogen (secondary N) is 1. The number of nitrogens with zero attached hydrogens (tertiary/aromatic N) is 1. The molecular formula is C15H19BrF2N2. The molecule has 1 aliphatic heterocycles. The van der Waals surface area contributed by atoms with Crippen LogP contribution in [0.15, 0.2) is 29.3 Å². The summed E-state index contributed by atoms with van der Waals surface area (Å²) in [5.41, 5.74) is 0.170. The van der Waals surface area contributed by atoms with E-state index in [0.29, 0.717) is 10.9 Å². The van der Waals surface area contributed by atoms with Crippen molar-refractivity contribution in [2.75, 3.05) is 26.2 Å². The minimum absolute atomic E-state index is 0.170. The highest BCUT2D eigenvalue weighted by molar-refractivity contribution is 9.10. The lowest BCUT2D eigenvalue weighted by atomic mass is 9.98. The second-order valence-electron chi connectivity index (χ2n) is 4.92. The Balaban J connectivity index is 2.34. The third kappa shape index (κ3) is 3.45. The molecule has 1 fully saturated rings. The van der Waals surface area contributed by atoms with Crippen molar-refractivity contribution >= 4 is 15.9 Å². The molecule has 0 aliphatic carbocycles. The highest BCUT2D eigenvalue weighted by Gasteiger charge is 2.27. The molecule has 0 spiro atoms. The molecule has 5 heteroatoms. The van der Waals surface area contributed by atoms with Crippen molar-refractivity contribution in [2.24, 2.45) is 0 Å². The van der Waals surface area contributed by atoms with E-state index < -0.39 is 11.6 Å². The van der Waals surface area contributed by atoms with E-state index in [-0.39, 0.29) is 11.6 Å². The summed E-state index contributed by atoms with van der Waals surface area (Å²) in [6, 6.07) is 2.50. The summed E-state index contributed by atoms with van der Waals surface area (Å²) >= 11 is 3.15. The number of hydrogen-bond acceptors (Lipinski definition) is 2. The largest absolute Gasteiger partial charge is 0.314 e. The molecule has 1 aromatic carbocycles. The molecule has 1 aliphatic rings. The van der Waals surface area contributed by atoms with Crippen LogP contribution in [0.25, 0.3) is 0 Å². The summed E-state index contributed by atoms with van der Waals surface area (Å²) in [6.45, 7) is 7.00. The van der Waals surface area contributed by atoms with E-state index in [0.717, 1.165) is 32.6 Å². The zero-order valence-corrected chi connectivity index (χ0v) is 12.9. The lowest BCUT2D eigenvalue weighted by molar-refractivity contribution is 0.159. The Hall–Kier alpha value is -0.780. The normalized spacial score (nSPS) is 17.9. The lowest BCUT2D eigenvalue weighted by Gasteiger charge is -2.35. The van der Waals surface area contributed by atoms with Gasteiger partial charge >= 0.3 is 0 Å². The molecule has 2 nitrogen and oxygen atoms in total. The number of benzene rings is 1. The van der Waals surface area contributed by atoms with Crippen LogP contribution in [0.1, 0.15) is 24.4 Å². The molecule has 1 N–H and O–H groups in total. The summed E-state index contributed by atoms with van der Waals surface area (Å²) in [7, 11) is 0. The maximum atomic E-state index is 14.3. The van der Waals surface area contributed by atoms with Crippen molar-refractivity contribution in [2.45, 2.75) is 18.9 Å². The van der Waals surface area contributed by atoms with E-state index in [2.05, 4.69) is 32.7 Å². The van der Waals surface area contributed by atoms with Gasteiger partial charge in [0, 0.05) is 37.8 Å². The fourth-order valence-corrected chi connectivity index (χ4v) is 2.97. The molecular weight excluding hydrogens is 326 g/mol. The van der Waals surface area contributed by atoms with Gasteiger partial charge in [-0.2, -0.15) is 0 Å². The van der Waals surface area contributed by atoms with E-state index in [4.69, 9.17) is 0 Å². The zero-order chi connectivity index (χ0) is 14.5. The number of rotatable bonds is 5. The van der Waals surface area contributed by atoms with Gasteiger partial charge in [-0.25, -0.2) is 8.78 Å². The first-order valence-corrected chi connectivity index (χ1v) is 7.63. The second-order valence-corrected chi connectivity index (χ2v) is 5.78. The topological polar surface area (TPSA) is 15.3 Å². The first-order valence-electron chi connectivity index (χ1n) is 6.84. The van der Waals surface area contributed by atoms with Crippen LogP contribution in [0.5, 0.6) is 0 Å². The molecule has 0 aromatic heterocycles. The SMILES string of the molecule is C=CCC[C@@H](c1c(F)ccc(Br)c1F)N1CCNCC1. The van der Waals surface area contributed by atoms with Crippen LogP contribution in [0.3, 0.4) is 0 Å². The molecule has 110 valence electrons. The lowest BCUT2D eigenvalue weighted by Crippen LogP contribution is -2.45. The third-order valence-corrected chi connectivity index (χ3v) is 4.26. The van der Waals surface area contributed by atoms with E-state index >= 15 is 0 Å². The fourth-order valence-electron chi connectivity index (χ4n) is 2.63. The molecule has 1 aromatic rings. The molecule has 0 unspecified atom stereocenters.